The molecule has 0 unspecified atom stereocenters. The smallest absolute Gasteiger partial charge is 0.222 e. The van der Waals surface area contributed by atoms with Gasteiger partial charge < -0.3 is 9.80 Å². The minimum atomic E-state index is -0.316. The van der Waals surface area contributed by atoms with E-state index in [0.29, 0.717) is 18.0 Å². The third kappa shape index (κ3) is 2.52. The number of para-hydroxylation sites is 1. The molecule has 0 radical (unpaired) electrons. The Hall–Kier alpha value is -2.24. The SMILES string of the molecule is O=C1CCCN1C1CCN(c2ncnc3c(F)cccc23)CC1. The van der Waals surface area contributed by atoms with Crippen LogP contribution in [0.2, 0.25) is 0 Å². The molecular formula is C17H19FN4O. The number of amides is 1. The molecule has 1 aromatic carbocycles. The average Bonchev–Trinajstić information content (AvgIpc) is 3.01. The van der Waals surface area contributed by atoms with Crippen molar-refractivity contribution in [3.05, 3.63) is 30.3 Å². The Morgan fingerprint density at radius 3 is 2.70 bits per heavy atom. The number of benzene rings is 1. The Morgan fingerprint density at radius 1 is 1.13 bits per heavy atom. The lowest BCUT2D eigenvalue weighted by Gasteiger charge is -2.37. The summed E-state index contributed by atoms with van der Waals surface area (Å²) in [4.78, 5) is 24.5. The zero-order valence-corrected chi connectivity index (χ0v) is 12.9. The fourth-order valence-electron chi connectivity index (χ4n) is 3.73. The van der Waals surface area contributed by atoms with Gasteiger partial charge in [0.1, 0.15) is 23.5 Å². The van der Waals surface area contributed by atoms with Gasteiger partial charge in [-0.25, -0.2) is 14.4 Å². The van der Waals surface area contributed by atoms with Gasteiger partial charge in [0.15, 0.2) is 0 Å². The van der Waals surface area contributed by atoms with Crippen LogP contribution in [0, 0.1) is 5.82 Å². The predicted octanol–water partition coefficient (Wildman–Crippen LogP) is 2.36. The maximum Gasteiger partial charge on any atom is 0.222 e. The van der Waals surface area contributed by atoms with E-state index in [4.69, 9.17) is 0 Å². The number of carbonyl (C=O) groups is 1. The van der Waals surface area contributed by atoms with E-state index < -0.39 is 0 Å². The first-order chi connectivity index (χ1) is 11.2. The number of hydrogen-bond donors (Lipinski definition) is 0. The third-order valence-corrected chi connectivity index (χ3v) is 4.91. The molecule has 0 atom stereocenters. The van der Waals surface area contributed by atoms with Crippen LogP contribution in [0.1, 0.15) is 25.7 Å². The van der Waals surface area contributed by atoms with Crippen molar-refractivity contribution in [3.8, 4) is 0 Å². The van der Waals surface area contributed by atoms with E-state index >= 15 is 0 Å². The van der Waals surface area contributed by atoms with Crippen LogP contribution in [0.5, 0.6) is 0 Å². The van der Waals surface area contributed by atoms with Crippen LogP contribution >= 0.6 is 0 Å². The Balaban J connectivity index is 1.55. The number of aromatic nitrogens is 2. The van der Waals surface area contributed by atoms with Crippen LogP contribution in [0.25, 0.3) is 10.9 Å². The van der Waals surface area contributed by atoms with Crippen molar-refractivity contribution in [2.75, 3.05) is 24.5 Å². The zero-order chi connectivity index (χ0) is 15.8. The van der Waals surface area contributed by atoms with Crippen molar-refractivity contribution in [2.45, 2.75) is 31.7 Å². The second-order valence-corrected chi connectivity index (χ2v) is 6.24. The van der Waals surface area contributed by atoms with Crippen LogP contribution < -0.4 is 4.90 Å². The number of nitrogens with zero attached hydrogens (tertiary/aromatic N) is 4. The predicted molar refractivity (Wildman–Crippen MR) is 85.7 cm³/mol. The molecule has 0 spiro atoms. The summed E-state index contributed by atoms with van der Waals surface area (Å²) in [6.07, 6.45) is 4.97. The molecule has 4 rings (SSSR count). The Bertz CT molecular complexity index is 742. The summed E-state index contributed by atoms with van der Waals surface area (Å²) in [5, 5.41) is 0.753. The second kappa shape index (κ2) is 5.76. The normalized spacial score (nSPS) is 19.8. The molecule has 6 heteroatoms. The van der Waals surface area contributed by atoms with Crippen molar-refractivity contribution < 1.29 is 9.18 Å². The zero-order valence-electron chi connectivity index (χ0n) is 12.9. The van der Waals surface area contributed by atoms with Crippen LogP contribution in [-0.4, -0.2) is 46.5 Å². The van der Waals surface area contributed by atoms with Crippen LogP contribution in [0.3, 0.4) is 0 Å². The lowest BCUT2D eigenvalue weighted by Crippen LogP contribution is -2.45. The molecule has 0 saturated carbocycles. The largest absolute Gasteiger partial charge is 0.356 e. The molecule has 0 aliphatic carbocycles. The van der Waals surface area contributed by atoms with E-state index in [1.165, 1.54) is 12.4 Å². The molecule has 2 aliphatic heterocycles. The molecule has 5 nitrogen and oxygen atoms in total. The van der Waals surface area contributed by atoms with E-state index in [1.54, 1.807) is 6.07 Å². The lowest BCUT2D eigenvalue weighted by atomic mass is 10.0. The van der Waals surface area contributed by atoms with Crippen LogP contribution in [0.4, 0.5) is 10.2 Å². The number of rotatable bonds is 2. The first kappa shape index (κ1) is 14.4. The standard InChI is InChI=1S/C17H19FN4O/c18-14-4-1-3-13-16(14)19-11-20-17(13)21-9-6-12(7-10-21)22-8-2-5-15(22)23/h1,3-4,11-12H,2,5-10H2. The van der Waals surface area contributed by atoms with Crippen molar-refractivity contribution in [1.29, 1.82) is 0 Å². The molecule has 0 N–H and O–H groups in total. The molecule has 2 fully saturated rings. The highest BCUT2D eigenvalue weighted by Gasteiger charge is 2.31. The number of fused-ring (bicyclic) bond motifs is 1. The van der Waals surface area contributed by atoms with E-state index in [9.17, 15) is 9.18 Å². The molecule has 23 heavy (non-hydrogen) atoms. The highest BCUT2D eigenvalue weighted by molar-refractivity contribution is 5.89. The van der Waals surface area contributed by atoms with E-state index in [0.717, 1.165) is 50.1 Å². The van der Waals surface area contributed by atoms with Crippen LogP contribution in [-0.2, 0) is 4.79 Å². The van der Waals surface area contributed by atoms with Gasteiger partial charge in [0.25, 0.3) is 0 Å². The number of likely N-dealkylation sites (tertiary alicyclic amines) is 1. The average molecular weight is 314 g/mol. The molecule has 1 aromatic heterocycles. The molecule has 2 saturated heterocycles. The van der Waals surface area contributed by atoms with Gasteiger partial charge in [-0.1, -0.05) is 6.07 Å². The van der Waals surface area contributed by atoms with Crippen molar-refractivity contribution in [3.63, 3.8) is 0 Å². The minimum absolute atomic E-state index is 0.290. The molecule has 1 amide bonds. The summed E-state index contributed by atoms with van der Waals surface area (Å²) in [5.74, 6) is 0.766. The second-order valence-electron chi connectivity index (χ2n) is 6.24. The molecule has 2 aliphatic rings. The maximum absolute atomic E-state index is 13.9. The third-order valence-electron chi connectivity index (χ3n) is 4.91. The first-order valence-electron chi connectivity index (χ1n) is 8.17. The van der Waals surface area contributed by atoms with Crippen molar-refractivity contribution in [1.82, 2.24) is 14.9 Å². The quantitative estimate of drug-likeness (QED) is 0.854. The summed E-state index contributed by atoms with van der Waals surface area (Å²) < 4.78 is 13.9. The summed E-state index contributed by atoms with van der Waals surface area (Å²) in [5.41, 5.74) is 0.370. The van der Waals surface area contributed by atoms with E-state index in [1.807, 2.05) is 11.0 Å². The number of hydrogen-bond acceptors (Lipinski definition) is 4. The highest BCUT2D eigenvalue weighted by atomic mass is 19.1. The fraction of sp³-hybridized carbons (Fsp3) is 0.471. The maximum atomic E-state index is 13.9. The summed E-state index contributed by atoms with van der Waals surface area (Å²) in [6.45, 7) is 2.55. The monoisotopic (exact) mass is 314 g/mol. The van der Waals surface area contributed by atoms with Gasteiger partial charge in [-0.2, -0.15) is 0 Å². The number of halogens is 1. The number of piperidine rings is 1. The molecule has 2 aromatic rings. The minimum Gasteiger partial charge on any atom is -0.356 e. The molecule has 0 bridgehead atoms. The summed E-state index contributed by atoms with van der Waals surface area (Å²) in [6, 6.07) is 5.32. The Morgan fingerprint density at radius 2 is 1.96 bits per heavy atom. The Kier molecular flexibility index (Phi) is 3.59. The number of carbonyl (C=O) groups excluding carboxylic acids is 1. The van der Waals surface area contributed by atoms with Gasteiger partial charge in [-0.05, 0) is 31.4 Å². The van der Waals surface area contributed by atoms with Crippen molar-refractivity contribution in [2.24, 2.45) is 0 Å². The Labute approximate surface area is 134 Å². The van der Waals surface area contributed by atoms with Gasteiger partial charge >= 0.3 is 0 Å². The van der Waals surface area contributed by atoms with Gasteiger partial charge in [0.2, 0.25) is 5.91 Å². The molecule has 3 heterocycles. The molecule has 120 valence electrons. The van der Waals surface area contributed by atoms with Gasteiger partial charge in [0, 0.05) is 37.5 Å². The molecular weight excluding hydrogens is 295 g/mol. The lowest BCUT2D eigenvalue weighted by molar-refractivity contribution is -0.130. The highest BCUT2D eigenvalue weighted by Crippen LogP contribution is 2.29. The number of anilines is 1. The van der Waals surface area contributed by atoms with E-state index in [-0.39, 0.29) is 11.7 Å². The summed E-state index contributed by atoms with van der Waals surface area (Å²) >= 11 is 0. The van der Waals surface area contributed by atoms with Crippen LogP contribution in [0.15, 0.2) is 24.5 Å². The van der Waals surface area contributed by atoms with Gasteiger partial charge in [0.05, 0.1) is 0 Å². The van der Waals surface area contributed by atoms with E-state index in [2.05, 4.69) is 14.9 Å². The fourth-order valence-corrected chi connectivity index (χ4v) is 3.73. The topological polar surface area (TPSA) is 49.3 Å². The van der Waals surface area contributed by atoms with Gasteiger partial charge in [-0.3, -0.25) is 4.79 Å². The first-order valence-corrected chi connectivity index (χ1v) is 8.17. The summed E-state index contributed by atoms with van der Waals surface area (Å²) in [7, 11) is 0. The van der Waals surface area contributed by atoms with Crippen molar-refractivity contribution >= 4 is 22.6 Å². The van der Waals surface area contributed by atoms with Gasteiger partial charge in [-0.15, -0.1) is 0 Å².